The Kier molecular flexibility index (Phi) is 7.45. The molecule has 1 nitrogen and oxygen atoms in total. The van der Waals surface area contributed by atoms with Crippen molar-refractivity contribution in [2.45, 2.75) is 72.3 Å². The molecule has 0 spiro atoms. The maximum absolute atomic E-state index is 2.45. The van der Waals surface area contributed by atoms with Crippen molar-refractivity contribution >= 4 is 7.41 Å². The standard InChI is InChI=1S/C11H25BN/c1-6-7-8-9-12-13(10(2)3)11(4)5/h10-11H,6-9H2,1-5H3. The summed E-state index contributed by atoms with van der Waals surface area (Å²) in [6.45, 7) is 11.3. The van der Waals surface area contributed by atoms with Gasteiger partial charge in [-0.15, -0.1) is 0 Å². The van der Waals surface area contributed by atoms with E-state index in [-0.39, 0.29) is 0 Å². The van der Waals surface area contributed by atoms with Crippen LogP contribution in [0.25, 0.3) is 0 Å². The zero-order valence-corrected chi connectivity index (χ0v) is 10.0. The SMILES string of the molecule is CCCCC[B]N(C(C)C)C(C)C. The van der Waals surface area contributed by atoms with E-state index in [1.165, 1.54) is 25.6 Å². The second-order valence-corrected chi connectivity index (χ2v) is 4.31. The van der Waals surface area contributed by atoms with Gasteiger partial charge in [0.2, 0.25) is 7.41 Å². The molecule has 0 fully saturated rings. The Morgan fingerprint density at radius 1 is 1.00 bits per heavy atom. The smallest absolute Gasteiger partial charge is 0.209 e. The number of nitrogens with zero attached hydrogens (tertiary/aromatic N) is 1. The molecule has 77 valence electrons. The molecule has 0 amide bonds. The molecular formula is C11H25BN. The molecule has 1 radical (unpaired) electrons. The van der Waals surface area contributed by atoms with E-state index in [0.29, 0.717) is 12.1 Å². The van der Waals surface area contributed by atoms with Crippen LogP contribution >= 0.6 is 0 Å². The van der Waals surface area contributed by atoms with Crippen molar-refractivity contribution in [3.8, 4) is 0 Å². The van der Waals surface area contributed by atoms with Crippen molar-refractivity contribution in [3.63, 3.8) is 0 Å². The molecule has 0 aliphatic carbocycles. The monoisotopic (exact) mass is 182 g/mol. The first-order valence-electron chi connectivity index (χ1n) is 5.70. The lowest BCUT2D eigenvalue weighted by atomic mass is 9.80. The molecule has 0 N–H and O–H groups in total. The fraction of sp³-hybridized carbons (Fsp3) is 1.00. The molecule has 0 aromatic rings. The first kappa shape index (κ1) is 13.0. The number of rotatable bonds is 7. The van der Waals surface area contributed by atoms with Crippen molar-refractivity contribution in [1.29, 1.82) is 0 Å². The molecule has 0 bridgehead atoms. The van der Waals surface area contributed by atoms with Crippen molar-refractivity contribution < 1.29 is 0 Å². The summed E-state index contributed by atoms with van der Waals surface area (Å²) in [5.41, 5.74) is 0. The normalized spacial score (nSPS) is 11.7. The lowest BCUT2D eigenvalue weighted by Crippen LogP contribution is -2.39. The van der Waals surface area contributed by atoms with Gasteiger partial charge in [0.25, 0.3) is 0 Å². The Balaban J connectivity index is 3.58. The van der Waals surface area contributed by atoms with Gasteiger partial charge in [0.05, 0.1) is 0 Å². The van der Waals surface area contributed by atoms with Crippen LogP contribution in [0.1, 0.15) is 53.9 Å². The highest BCUT2D eigenvalue weighted by atomic mass is 15.1. The topological polar surface area (TPSA) is 3.24 Å². The molecular weight excluding hydrogens is 157 g/mol. The van der Waals surface area contributed by atoms with Crippen LogP contribution in [0.4, 0.5) is 0 Å². The Labute approximate surface area is 85.2 Å². The Hall–Kier alpha value is 0.0249. The summed E-state index contributed by atoms with van der Waals surface area (Å²) in [7, 11) is 2.38. The molecule has 0 saturated heterocycles. The molecule has 0 aliphatic heterocycles. The van der Waals surface area contributed by atoms with Gasteiger partial charge in [-0.2, -0.15) is 0 Å². The molecule has 0 saturated carbocycles. The molecule has 0 aliphatic rings. The minimum atomic E-state index is 0.640. The lowest BCUT2D eigenvalue weighted by Gasteiger charge is -2.30. The van der Waals surface area contributed by atoms with Crippen LogP contribution in [0.3, 0.4) is 0 Å². The van der Waals surface area contributed by atoms with E-state index in [9.17, 15) is 0 Å². The summed E-state index contributed by atoms with van der Waals surface area (Å²) in [5, 5.41) is 0. The van der Waals surface area contributed by atoms with Gasteiger partial charge >= 0.3 is 0 Å². The van der Waals surface area contributed by atoms with E-state index >= 15 is 0 Å². The Bertz CT molecular complexity index is 105. The van der Waals surface area contributed by atoms with E-state index in [2.05, 4.69) is 46.8 Å². The van der Waals surface area contributed by atoms with E-state index in [1.807, 2.05) is 0 Å². The second kappa shape index (κ2) is 7.43. The van der Waals surface area contributed by atoms with Crippen LogP contribution in [0.2, 0.25) is 6.32 Å². The predicted molar refractivity (Wildman–Crippen MR) is 62.2 cm³/mol. The third-order valence-electron chi connectivity index (χ3n) is 2.34. The minimum Gasteiger partial charge on any atom is -0.342 e. The average molecular weight is 182 g/mol. The van der Waals surface area contributed by atoms with Gasteiger partial charge in [-0.05, 0) is 12.1 Å². The number of unbranched alkanes of at least 4 members (excludes halogenated alkanes) is 2. The summed E-state index contributed by atoms with van der Waals surface area (Å²) in [4.78, 5) is 2.45. The molecule has 0 aromatic carbocycles. The van der Waals surface area contributed by atoms with Crippen molar-refractivity contribution in [2.75, 3.05) is 0 Å². The van der Waals surface area contributed by atoms with Gasteiger partial charge in [-0.1, -0.05) is 60.2 Å². The van der Waals surface area contributed by atoms with Gasteiger partial charge in [-0.25, -0.2) is 0 Å². The highest BCUT2D eigenvalue weighted by Gasteiger charge is 2.12. The van der Waals surface area contributed by atoms with E-state index in [0.717, 1.165) is 0 Å². The highest BCUT2D eigenvalue weighted by molar-refractivity contribution is 6.32. The van der Waals surface area contributed by atoms with Crippen LogP contribution in [0.5, 0.6) is 0 Å². The number of hydrogen-bond acceptors (Lipinski definition) is 1. The van der Waals surface area contributed by atoms with Gasteiger partial charge in [-0.3, -0.25) is 0 Å². The maximum Gasteiger partial charge on any atom is 0.209 e. The second-order valence-electron chi connectivity index (χ2n) is 4.31. The molecule has 0 heterocycles. The fourth-order valence-corrected chi connectivity index (χ4v) is 1.65. The molecule has 0 rings (SSSR count). The van der Waals surface area contributed by atoms with E-state index in [4.69, 9.17) is 0 Å². The summed E-state index contributed by atoms with van der Waals surface area (Å²) in [6, 6.07) is 1.28. The van der Waals surface area contributed by atoms with E-state index < -0.39 is 0 Å². The van der Waals surface area contributed by atoms with Crippen molar-refractivity contribution in [3.05, 3.63) is 0 Å². The average Bonchev–Trinajstić information content (AvgIpc) is 2.02. The Morgan fingerprint density at radius 2 is 1.54 bits per heavy atom. The lowest BCUT2D eigenvalue weighted by molar-refractivity contribution is 0.311. The molecule has 0 unspecified atom stereocenters. The number of hydrogen-bond donors (Lipinski definition) is 0. The van der Waals surface area contributed by atoms with Crippen LogP contribution < -0.4 is 0 Å². The first-order chi connectivity index (χ1) is 6.09. The summed E-state index contributed by atoms with van der Waals surface area (Å²) < 4.78 is 0. The summed E-state index contributed by atoms with van der Waals surface area (Å²) in [5.74, 6) is 0. The molecule has 0 aromatic heterocycles. The quantitative estimate of drug-likeness (QED) is 0.431. The first-order valence-corrected chi connectivity index (χ1v) is 5.70. The van der Waals surface area contributed by atoms with Crippen LogP contribution in [-0.4, -0.2) is 24.3 Å². The van der Waals surface area contributed by atoms with Crippen LogP contribution in [0.15, 0.2) is 0 Å². The van der Waals surface area contributed by atoms with Gasteiger partial charge in [0.1, 0.15) is 0 Å². The molecule has 2 heteroatoms. The van der Waals surface area contributed by atoms with E-state index in [1.54, 1.807) is 0 Å². The third-order valence-corrected chi connectivity index (χ3v) is 2.34. The maximum atomic E-state index is 2.45. The van der Waals surface area contributed by atoms with Crippen molar-refractivity contribution in [2.24, 2.45) is 0 Å². The van der Waals surface area contributed by atoms with Gasteiger partial charge in [0.15, 0.2) is 0 Å². The molecule has 0 atom stereocenters. The van der Waals surface area contributed by atoms with Gasteiger partial charge < -0.3 is 4.81 Å². The largest absolute Gasteiger partial charge is 0.342 e. The Morgan fingerprint density at radius 3 is 1.92 bits per heavy atom. The summed E-state index contributed by atoms with van der Waals surface area (Å²) >= 11 is 0. The van der Waals surface area contributed by atoms with Crippen LogP contribution in [-0.2, 0) is 0 Å². The zero-order chi connectivity index (χ0) is 10.3. The third kappa shape index (κ3) is 6.14. The summed E-state index contributed by atoms with van der Waals surface area (Å²) in [6.07, 6.45) is 5.26. The highest BCUT2D eigenvalue weighted by Crippen LogP contribution is 2.07. The zero-order valence-electron chi connectivity index (χ0n) is 10.0. The minimum absolute atomic E-state index is 0.640. The fourth-order valence-electron chi connectivity index (χ4n) is 1.65. The molecule has 13 heavy (non-hydrogen) atoms. The van der Waals surface area contributed by atoms with Crippen LogP contribution in [0, 0.1) is 0 Å². The van der Waals surface area contributed by atoms with Gasteiger partial charge in [0, 0.05) is 0 Å². The van der Waals surface area contributed by atoms with Crippen molar-refractivity contribution in [1.82, 2.24) is 4.81 Å². The predicted octanol–water partition coefficient (Wildman–Crippen LogP) is 3.33.